The first-order valence-corrected chi connectivity index (χ1v) is 14.6. The molecule has 0 bridgehead atoms. The smallest absolute Gasteiger partial charge is 0.339 e. The molecule has 0 radical (unpaired) electrons. The zero-order chi connectivity index (χ0) is 29.4. The third kappa shape index (κ3) is 5.93. The molecule has 1 heterocycles. The maximum absolute atomic E-state index is 14.0. The second-order valence-corrected chi connectivity index (χ2v) is 12.1. The molecule has 0 unspecified atom stereocenters. The van der Waals surface area contributed by atoms with Crippen molar-refractivity contribution in [1.82, 2.24) is 0 Å². The van der Waals surface area contributed by atoms with Gasteiger partial charge in [-0.1, -0.05) is 36.4 Å². The lowest BCUT2D eigenvalue weighted by Crippen LogP contribution is -2.32. The molecule has 4 aromatic rings. The first kappa shape index (κ1) is 28.2. The first-order valence-electron chi connectivity index (χ1n) is 13.2. The number of ether oxygens (including phenoxy) is 2. The van der Waals surface area contributed by atoms with E-state index in [4.69, 9.17) is 13.7 Å². The molecule has 0 atom stereocenters. The summed E-state index contributed by atoms with van der Waals surface area (Å²) >= 11 is 0. The van der Waals surface area contributed by atoms with E-state index in [1.807, 2.05) is 19.1 Å². The molecule has 0 aromatic heterocycles. The Balaban J connectivity index is 1.59. The molecular formula is C33H32FNO5S. The van der Waals surface area contributed by atoms with E-state index in [9.17, 15) is 12.8 Å². The predicted molar refractivity (Wildman–Crippen MR) is 160 cm³/mol. The van der Waals surface area contributed by atoms with Gasteiger partial charge in [0.25, 0.3) is 0 Å². The van der Waals surface area contributed by atoms with Gasteiger partial charge in [0, 0.05) is 34.5 Å². The molecular weight excluding hydrogens is 541 g/mol. The van der Waals surface area contributed by atoms with Crippen LogP contribution in [-0.4, -0.2) is 21.1 Å². The molecule has 0 saturated carbocycles. The number of allylic oxidation sites excluding steroid dienone is 1. The van der Waals surface area contributed by atoms with Crippen molar-refractivity contribution < 1.29 is 26.5 Å². The van der Waals surface area contributed by atoms with Gasteiger partial charge in [-0.25, -0.2) is 4.39 Å². The Hall–Kier alpha value is -4.30. The second-order valence-electron chi connectivity index (χ2n) is 10.6. The maximum Gasteiger partial charge on any atom is 0.339 e. The van der Waals surface area contributed by atoms with Gasteiger partial charge < -0.3 is 19.0 Å². The summed E-state index contributed by atoms with van der Waals surface area (Å²) in [5, 5.41) is 3.57. The number of nitrogens with one attached hydrogen (secondary N) is 1. The van der Waals surface area contributed by atoms with Crippen molar-refractivity contribution in [1.29, 1.82) is 0 Å². The normalized spacial score (nSPS) is 14.0. The molecule has 1 aliphatic rings. The molecule has 6 nitrogen and oxygen atoms in total. The van der Waals surface area contributed by atoms with Crippen molar-refractivity contribution in [2.75, 3.05) is 12.4 Å². The molecule has 1 aliphatic heterocycles. The zero-order valence-corrected chi connectivity index (χ0v) is 24.4. The molecule has 0 saturated heterocycles. The van der Waals surface area contributed by atoms with Crippen molar-refractivity contribution >= 4 is 21.4 Å². The van der Waals surface area contributed by atoms with Crippen molar-refractivity contribution in [3.8, 4) is 28.4 Å². The van der Waals surface area contributed by atoms with E-state index in [0.717, 1.165) is 39.1 Å². The highest BCUT2D eigenvalue weighted by atomic mass is 32.2. The number of aryl methyl sites for hydroxylation is 1. The van der Waals surface area contributed by atoms with Gasteiger partial charge in [0.15, 0.2) is 0 Å². The van der Waals surface area contributed by atoms with Crippen LogP contribution in [0.1, 0.15) is 37.5 Å². The average molecular weight is 574 g/mol. The molecule has 8 heteroatoms. The summed E-state index contributed by atoms with van der Waals surface area (Å²) in [5.74, 6) is 0.643. The summed E-state index contributed by atoms with van der Waals surface area (Å²) in [4.78, 5) is 0.0579. The Morgan fingerprint density at radius 1 is 0.878 bits per heavy atom. The van der Waals surface area contributed by atoms with Crippen molar-refractivity contribution in [3.05, 3.63) is 107 Å². The van der Waals surface area contributed by atoms with Gasteiger partial charge >= 0.3 is 10.1 Å². The summed E-state index contributed by atoms with van der Waals surface area (Å²) in [6, 6.07) is 21.4. The van der Waals surface area contributed by atoms with Crippen molar-refractivity contribution in [3.63, 3.8) is 0 Å². The molecule has 5 rings (SSSR count). The summed E-state index contributed by atoms with van der Waals surface area (Å²) in [7, 11) is -2.50. The van der Waals surface area contributed by atoms with Gasteiger partial charge in [-0.15, -0.1) is 0 Å². The molecule has 41 heavy (non-hydrogen) atoms. The highest BCUT2D eigenvalue weighted by Gasteiger charge is 2.27. The van der Waals surface area contributed by atoms with Crippen LogP contribution in [0.5, 0.6) is 17.2 Å². The van der Waals surface area contributed by atoms with E-state index < -0.39 is 10.1 Å². The van der Waals surface area contributed by atoms with E-state index in [1.54, 1.807) is 42.5 Å². The Kier molecular flexibility index (Phi) is 7.53. The fraction of sp³-hybridized carbons (Fsp3) is 0.212. The van der Waals surface area contributed by atoms with Crippen molar-refractivity contribution in [2.24, 2.45) is 0 Å². The average Bonchev–Trinajstić information content (AvgIpc) is 2.93. The molecule has 4 aromatic carbocycles. The minimum Gasteiger partial charge on any atom is -0.496 e. The summed E-state index contributed by atoms with van der Waals surface area (Å²) in [6.07, 6.45) is 2.17. The number of halogens is 1. The van der Waals surface area contributed by atoms with E-state index in [-0.39, 0.29) is 28.6 Å². The van der Waals surface area contributed by atoms with E-state index in [0.29, 0.717) is 11.5 Å². The van der Waals surface area contributed by atoms with Crippen LogP contribution in [0.15, 0.2) is 89.8 Å². The van der Waals surface area contributed by atoms with E-state index in [2.05, 4.69) is 32.2 Å². The Morgan fingerprint density at radius 2 is 1.61 bits per heavy atom. The standard InChI is InChI=1S/C33H32FNO5S/c1-21-11-12-23(34)17-30(21)39-20-28-26(15-16-29-32(28)22(2)19-33(3,4)35-29)27-14-13-24(18-31(27)38-5)40-41(36,37)25-9-7-6-8-10-25/h6-19,35H,20H2,1-5H3. The van der Waals surface area contributed by atoms with Crippen LogP contribution in [0.4, 0.5) is 10.1 Å². The monoisotopic (exact) mass is 573 g/mol. The van der Waals surface area contributed by atoms with Gasteiger partial charge in [0.1, 0.15) is 34.6 Å². The molecule has 0 fully saturated rings. The van der Waals surface area contributed by atoms with Crippen LogP contribution in [0.3, 0.4) is 0 Å². The van der Waals surface area contributed by atoms with Crippen molar-refractivity contribution in [2.45, 2.75) is 44.7 Å². The van der Waals surface area contributed by atoms with Gasteiger partial charge in [0.2, 0.25) is 0 Å². The number of anilines is 1. The van der Waals surface area contributed by atoms with Gasteiger partial charge in [-0.3, -0.25) is 0 Å². The Bertz CT molecular complexity index is 1750. The molecule has 0 aliphatic carbocycles. The van der Waals surface area contributed by atoms with Crippen LogP contribution in [-0.2, 0) is 16.7 Å². The molecule has 0 spiro atoms. The number of benzene rings is 4. The van der Waals surface area contributed by atoms with Crippen LogP contribution < -0.4 is 19.0 Å². The maximum atomic E-state index is 14.0. The number of hydrogen-bond acceptors (Lipinski definition) is 6. The Labute approximate surface area is 240 Å². The van der Waals surface area contributed by atoms with Gasteiger partial charge in [-0.2, -0.15) is 8.42 Å². The minimum absolute atomic E-state index is 0.0579. The fourth-order valence-electron chi connectivity index (χ4n) is 5.19. The minimum atomic E-state index is -4.02. The summed E-state index contributed by atoms with van der Waals surface area (Å²) in [6.45, 7) is 8.30. The van der Waals surface area contributed by atoms with E-state index >= 15 is 0 Å². The second kappa shape index (κ2) is 10.9. The highest BCUT2D eigenvalue weighted by molar-refractivity contribution is 7.87. The molecule has 1 N–H and O–H groups in total. The number of fused-ring (bicyclic) bond motifs is 1. The molecule has 212 valence electrons. The van der Waals surface area contributed by atoms with Gasteiger partial charge in [0.05, 0.1) is 12.6 Å². The van der Waals surface area contributed by atoms with Crippen LogP contribution >= 0.6 is 0 Å². The largest absolute Gasteiger partial charge is 0.496 e. The summed E-state index contributed by atoms with van der Waals surface area (Å²) < 4.78 is 57.0. The number of hydrogen-bond donors (Lipinski definition) is 1. The predicted octanol–water partition coefficient (Wildman–Crippen LogP) is 7.76. The zero-order valence-electron chi connectivity index (χ0n) is 23.6. The SMILES string of the molecule is COc1cc(OS(=O)(=O)c2ccccc2)ccc1-c1ccc2c(c1COc1cc(F)ccc1C)C(C)=CC(C)(C)N2. The highest BCUT2D eigenvalue weighted by Crippen LogP contribution is 2.43. The Morgan fingerprint density at radius 3 is 2.34 bits per heavy atom. The number of rotatable bonds is 8. The van der Waals surface area contributed by atoms with Crippen LogP contribution in [0.25, 0.3) is 16.7 Å². The lowest BCUT2D eigenvalue weighted by atomic mass is 9.85. The quantitative estimate of drug-likeness (QED) is 0.217. The number of methoxy groups -OCH3 is 1. The van der Waals surface area contributed by atoms with Crippen LogP contribution in [0, 0.1) is 12.7 Å². The lowest BCUT2D eigenvalue weighted by Gasteiger charge is -2.33. The van der Waals surface area contributed by atoms with Crippen LogP contribution in [0.2, 0.25) is 0 Å². The third-order valence-electron chi connectivity index (χ3n) is 6.96. The summed E-state index contributed by atoms with van der Waals surface area (Å²) in [5.41, 5.74) is 6.05. The molecule has 0 amide bonds. The topological polar surface area (TPSA) is 73.9 Å². The fourth-order valence-corrected chi connectivity index (χ4v) is 6.13. The third-order valence-corrected chi connectivity index (χ3v) is 8.23. The van der Waals surface area contributed by atoms with E-state index in [1.165, 1.54) is 31.4 Å². The first-order chi connectivity index (χ1) is 19.5. The lowest BCUT2D eigenvalue weighted by molar-refractivity contribution is 0.302. The van der Waals surface area contributed by atoms with Gasteiger partial charge in [-0.05, 0) is 80.8 Å².